The van der Waals surface area contributed by atoms with Crippen LogP contribution in [0.4, 0.5) is 5.69 Å². The van der Waals surface area contributed by atoms with E-state index in [2.05, 4.69) is 0 Å². The molecule has 7 nitrogen and oxygen atoms in total. The molecule has 0 saturated heterocycles. The van der Waals surface area contributed by atoms with Gasteiger partial charge in [-0.1, -0.05) is 18.2 Å². The van der Waals surface area contributed by atoms with E-state index in [-0.39, 0.29) is 22.7 Å². The van der Waals surface area contributed by atoms with Crippen LogP contribution in [0.25, 0.3) is 6.08 Å². The number of nitro benzene ring substituents is 1. The van der Waals surface area contributed by atoms with E-state index in [0.29, 0.717) is 5.56 Å². The van der Waals surface area contributed by atoms with E-state index in [0.717, 1.165) is 0 Å². The summed E-state index contributed by atoms with van der Waals surface area (Å²) in [6, 6.07) is 12.1. The summed E-state index contributed by atoms with van der Waals surface area (Å²) in [6.07, 6.45) is 2.87. The third-order valence-corrected chi connectivity index (χ3v) is 3.06. The average Bonchev–Trinajstić information content (AvgIpc) is 2.60. The van der Waals surface area contributed by atoms with Gasteiger partial charge in [0.25, 0.3) is 5.69 Å². The number of carbonyl (C=O) groups is 1. The molecule has 0 aliphatic rings. The summed E-state index contributed by atoms with van der Waals surface area (Å²) in [7, 11) is 1.40. The summed E-state index contributed by atoms with van der Waals surface area (Å²) in [6.45, 7) is 0. The molecule has 0 spiro atoms. The highest BCUT2D eigenvalue weighted by Gasteiger charge is 2.22. The van der Waals surface area contributed by atoms with Crippen molar-refractivity contribution in [3.05, 3.63) is 69.8 Å². The fraction of sp³-hybridized carbons (Fsp3) is 0.0588. The van der Waals surface area contributed by atoms with Crippen LogP contribution >= 0.6 is 0 Å². The monoisotopic (exact) mass is 324 g/mol. The first kappa shape index (κ1) is 16.7. The minimum atomic E-state index is -0.860. The van der Waals surface area contributed by atoms with Crippen LogP contribution in [0.3, 0.4) is 0 Å². The van der Waals surface area contributed by atoms with E-state index in [4.69, 9.17) is 14.7 Å². The molecule has 0 aromatic heterocycles. The van der Waals surface area contributed by atoms with Gasteiger partial charge in [-0.2, -0.15) is 5.26 Å². The lowest BCUT2D eigenvalue weighted by Gasteiger charge is -2.10. The van der Waals surface area contributed by atoms with Crippen LogP contribution < -0.4 is 9.47 Å². The molecular weight excluding hydrogens is 312 g/mol. The predicted molar refractivity (Wildman–Crippen MR) is 85.7 cm³/mol. The molecule has 2 rings (SSSR count). The van der Waals surface area contributed by atoms with Gasteiger partial charge in [0.2, 0.25) is 0 Å². The van der Waals surface area contributed by atoms with Gasteiger partial charge in [0.05, 0.1) is 18.1 Å². The van der Waals surface area contributed by atoms with Crippen molar-refractivity contribution in [1.82, 2.24) is 0 Å². The molecular formula is C17H12N2O5. The number of esters is 1. The maximum Gasteiger partial charge on any atom is 0.350 e. The first-order valence-electron chi connectivity index (χ1n) is 6.76. The van der Waals surface area contributed by atoms with Crippen molar-refractivity contribution in [1.29, 1.82) is 5.26 Å². The molecule has 0 aliphatic carbocycles. The van der Waals surface area contributed by atoms with Gasteiger partial charge >= 0.3 is 5.97 Å². The van der Waals surface area contributed by atoms with Gasteiger partial charge in [0.1, 0.15) is 5.56 Å². The first-order valence-corrected chi connectivity index (χ1v) is 6.76. The van der Waals surface area contributed by atoms with Crippen molar-refractivity contribution in [2.24, 2.45) is 0 Å². The van der Waals surface area contributed by atoms with Gasteiger partial charge in [0, 0.05) is 12.1 Å². The standard InChI is InChI=1S/C17H12N2O5/c1-23-16-11-12(5-4-10-18)8-9-15(16)24-17(20)13-6-2-3-7-14(13)19(21)22/h2-9,11H,1H3/b5-4-. The number of rotatable bonds is 5. The molecule has 0 unspecified atom stereocenters. The van der Waals surface area contributed by atoms with Crippen LogP contribution in [-0.4, -0.2) is 18.0 Å². The van der Waals surface area contributed by atoms with E-state index in [9.17, 15) is 14.9 Å². The lowest BCUT2D eigenvalue weighted by Crippen LogP contribution is -2.11. The third kappa shape index (κ3) is 3.75. The molecule has 0 saturated carbocycles. The molecule has 7 heteroatoms. The van der Waals surface area contributed by atoms with Gasteiger partial charge in [-0.15, -0.1) is 0 Å². The van der Waals surface area contributed by atoms with Gasteiger partial charge in [-0.3, -0.25) is 10.1 Å². The third-order valence-electron chi connectivity index (χ3n) is 3.06. The van der Waals surface area contributed by atoms with Crippen LogP contribution in [0.5, 0.6) is 11.5 Å². The second-order valence-corrected chi connectivity index (χ2v) is 4.54. The lowest BCUT2D eigenvalue weighted by atomic mass is 10.1. The van der Waals surface area contributed by atoms with Crippen molar-refractivity contribution in [2.75, 3.05) is 7.11 Å². The molecule has 0 radical (unpaired) electrons. The Morgan fingerprint density at radius 3 is 2.67 bits per heavy atom. The normalized spacial score (nSPS) is 10.2. The Balaban J connectivity index is 2.31. The second-order valence-electron chi connectivity index (χ2n) is 4.54. The fourth-order valence-corrected chi connectivity index (χ4v) is 1.97. The molecule has 0 heterocycles. The molecule has 0 amide bonds. The van der Waals surface area contributed by atoms with Gasteiger partial charge in [0.15, 0.2) is 11.5 Å². The smallest absolute Gasteiger partial charge is 0.350 e. The molecule has 2 aromatic carbocycles. The summed E-state index contributed by atoms with van der Waals surface area (Å²) in [5.74, 6) is -0.474. The zero-order valence-electron chi connectivity index (χ0n) is 12.6. The van der Waals surface area contributed by atoms with E-state index in [1.807, 2.05) is 6.07 Å². The van der Waals surface area contributed by atoms with Gasteiger partial charge < -0.3 is 9.47 Å². The molecule has 24 heavy (non-hydrogen) atoms. The molecule has 0 fully saturated rings. The number of nitrogens with zero attached hydrogens (tertiary/aromatic N) is 2. The number of methoxy groups -OCH3 is 1. The summed E-state index contributed by atoms with van der Waals surface area (Å²) < 4.78 is 10.4. The van der Waals surface area contributed by atoms with E-state index in [1.54, 1.807) is 18.2 Å². The summed E-state index contributed by atoms with van der Waals surface area (Å²) in [4.78, 5) is 22.6. The van der Waals surface area contributed by atoms with Crippen molar-refractivity contribution >= 4 is 17.7 Å². The maximum absolute atomic E-state index is 12.2. The van der Waals surface area contributed by atoms with Gasteiger partial charge in [-0.25, -0.2) is 4.79 Å². The Morgan fingerprint density at radius 2 is 2.00 bits per heavy atom. The number of hydrogen-bond acceptors (Lipinski definition) is 6. The minimum Gasteiger partial charge on any atom is -0.493 e. The van der Waals surface area contributed by atoms with Crippen LogP contribution in [0.2, 0.25) is 0 Å². The summed E-state index contributed by atoms with van der Waals surface area (Å²) >= 11 is 0. The molecule has 120 valence electrons. The number of carbonyl (C=O) groups excluding carboxylic acids is 1. The Kier molecular flexibility index (Phi) is 5.26. The zero-order chi connectivity index (χ0) is 17.5. The van der Waals surface area contributed by atoms with E-state index in [1.165, 1.54) is 43.5 Å². The number of nitro groups is 1. The Labute approximate surface area is 137 Å². The summed E-state index contributed by atoms with van der Waals surface area (Å²) in [5.41, 5.74) is 0.187. The second kappa shape index (κ2) is 7.56. The zero-order valence-corrected chi connectivity index (χ0v) is 12.6. The Bertz CT molecular complexity index is 852. The number of benzene rings is 2. The lowest BCUT2D eigenvalue weighted by molar-refractivity contribution is -0.385. The first-order chi connectivity index (χ1) is 11.6. The highest BCUT2D eigenvalue weighted by Crippen LogP contribution is 2.30. The molecule has 0 atom stereocenters. The number of allylic oxidation sites excluding steroid dienone is 1. The largest absolute Gasteiger partial charge is 0.493 e. The Hall–Kier alpha value is -3.66. The SMILES string of the molecule is COc1cc(/C=C\C#N)ccc1OC(=O)c1ccccc1[N+](=O)[O-]. The highest BCUT2D eigenvalue weighted by atomic mass is 16.6. The summed E-state index contributed by atoms with van der Waals surface area (Å²) in [5, 5.41) is 19.5. The molecule has 0 bridgehead atoms. The predicted octanol–water partition coefficient (Wildman–Crippen LogP) is 3.36. The van der Waals surface area contributed by atoms with Crippen LogP contribution in [-0.2, 0) is 0 Å². The van der Waals surface area contributed by atoms with Crippen molar-refractivity contribution in [2.45, 2.75) is 0 Å². The average molecular weight is 324 g/mol. The Morgan fingerprint density at radius 1 is 1.25 bits per heavy atom. The number of para-hydroxylation sites is 1. The molecule has 0 N–H and O–H groups in total. The highest BCUT2D eigenvalue weighted by molar-refractivity contribution is 5.95. The van der Waals surface area contributed by atoms with Crippen LogP contribution in [0, 0.1) is 21.4 Å². The molecule has 0 aliphatic heterocycles. The van der Waals surface area contributed by atoms with Gasteiger partial charge in [-0.05, 0) is 29.8 Å². The van der Waals surface area contributed by atoms with Crippen molar-refractivity contribution in [3.63, 3.8) is 0 Å². The van der Waals surface area contributed by atoms with Crippen molar-refractivity contribution in [3.8, 4) is 17.6 Å². The molecule has 2 aromatic rings. The van der Waals surface area contributed by atoms with Crippen LogP contribution in [0.1, 0.15) is 15.9 Å². The quantitative estimate of drug-likeness (QED) is 0.275. The van der Waals surface area contributed by atoms with E-state index >= 15 is 0 Å². The van der Waals surface area contributed by atoms with E-state index < -0.39 is 10.9 Å². The fourth-order valence-electron chi connectivity index (χ4n) is 1.97. The topological polar surface area (TPSA) is 102 Å². The number of ether oxygens (including phenoxy) is 2. The maximum atomic E-state index is 12.2. The van der Waals surface area contributed by atoms with Crippen molar-refractivity contribution < 1.29 is 19.2 Å². The van der Waals surface area contributed by atoms with Crippen LogP contribution in [0.15, 0.2) is 48.5 Å². The minimum absolute atomic E-state index is 0.120. The number of hydrogen-bond donors (Lipinski definition) is 0. The number of nitriles is 1.